The molecule has 0 saturated heterocycles. The fraction of sp³-hybridized carbons (Fsp3) is 0.200. The van der Waals surface area contributed by atoms with Crippen molar-refractivity contribution in [2.75, 3.05) is 7.05 Å². The summed E-state index contributed by atoms with van der Waals surface area (Å²) in [5.74, 6) is -0.00746. The second kappa shape index (κ2) is 6.71. The number of amides is 1. The summed E-state index contributed by atoms with van der Waals surface area (Å²) in [4.78, 5) is 24.5. The van der Waals surface area contributed by atoms with Gasteiger partial charge in [-0.1, -0.05) is 48.5 Å². The van der Waals surface area contributed by atoms with Crippen LogP contribution in [-0.2, 0) is 18.3 Å². The maximum Gasteiger partial charge on any atom is 0.258 e. The minimum atomic E-state index is -0.0202. The molecule has 0 saturated carbocycles. The van der Waals surface area contributed by atoms with Gasteiger partial charge in [0.1, 0.15) is 0 Å². The van der Waals surface area contributed by atoms with Crippen molar-refractivity contribution in [3.63, 3.8) is 0 Å². The smallest absolute Gasteiger partial charge is 0.258 e. The molecule has 0 spiro atoms. The van der Waals surface area contributed by atoms with Gasteiger partial charge in [0.15, 0.2) is 0 Å². The van der Waals surface area contributed by atoms with Crippen LogP contribution in [0.1, 0.15) is 12.0 Å². The van der Waals surface area contributed by atoms with Crippen molar-refractivity contribution >= 4 is 16.7 Å². The highest BCUT2D eigenvalue weighted by Gasteiger charge is 2.16. The molecular weight excluding hydrogens is 300 g/mol. The first-order valence-electron chi connectivity index (χ1n) is 8.00. The summed E-state index contributed by atoms with van der Waals surface area (Å²) >= 11 is 0. The van der Waals surface area contributed by atoms with Crippen LogP contribution in [0.25, 0.3) is 22.0 Å². The summed E-state index contributed by atoms with van der Waals surface area (Å²) < 4.78 is 1.69. The minimum absolute atomic E-state index is 0.00746. The normalized spacial score (nSPS) is 10.8. The lowest BCUT2D eigenvalue weighted by atomic mass is 9.95. The van der Waals surface area contributed by atoms with E-state index in [1.54, 1.807) is 18.7 Å². The summed E-state index contributed by atoms with van der Waals surface area (Å²) in [6.45, 7) is 0. The van der Waals surface area contributed by atoms with E-state index in [4.69, 9.17) is 0 Å². The highest BCUT2D eigenvalue weighted by molar-refractivity contribution is 5.90. The van der Waals surface area contributed by atoms with E-state index >= 15 is 0 Å². The first-order chi connectivity index (χ1) is 11.6. The third kappa shape index (κ3) is 2.83. The van der Waals surface area contributed by atoms with E-state index in [1.165, 1.54) is 0 Å². The monoisotopic (exact) mass is 320 g/mol. The molecule has 0 atom stereocenters. The largest absolute Gasteiger partial charge is 0.359 e. The SMILES string of the molecule is CNC(=O)CCc1c(-c2ccccc2)n(C)c(=O)c2ccccc12. The predicted molar refractivity (Wildman–Crippen MR) is 97.0 cm³/mol. The summed E-state index contributed by atoms with van der Waals surface area (Å²) in [7, 11) is 3.43. The molecule has 1 aromatic heterocycles. The van der Waals surface area contributed by atoms with Gasteiger partial charge in [-0.15, -0.1) is 0 Å². The molecule has 24 heavy (non-hydrogen) atoms. The number of hydrogen-bond donors (Lipinski definition) is 1. The molecule has 0 aliphatic rings. The third-order valence-electron chi connectivity index (χ3n) is 4.34. The number of hydrogen-bond acceptors (Lipinski definition) is 2. The number of carbonyl (C=O) groups excluding carboxylic acids is 1. The Morgan fingerprint density at radius 1 is 1.00 bits per heavy atom. The average molecular weight is 320 g/mol. The molecule has 3 aromatic rings. The van der Waals surface area contributed by atoms with Crippen molar-refractivity contribution in [3.05, 3.63) is 70.5 Å². The molecule has 0 aliphatic carbocycles. The van der Waals surface area contributed by atoms with Crippen LogP contribution in [0.3, 0.4) is 0 Å². The molecule has 0 radical (unpaired) electrons. The number of nitrogens with zero attached hydrogens (tertiary/aromatic N) is 1. The maximum atomic E-state index is 12.8. The van der Waals surface area contributed by atoms with Gasteiger partial charge in [0, 0.05) is 25.9 Å². The number of fused-ring (bicyclic) bond motifs is 1. The van der Waals surface area contributed by atoms with Crippen LogP contribution in [0.15, 0.2) is 59.4 Å². The van der Waals surface area contributed by atoms with Crippen molar-refractivity contribution in [1.29, 1.82) is 0 Å². The number of aryl methyl sites for hydroxylation is 1. The number of aromatic nitrogens is 1. The zero-order valence-electron chi connectivity index (χ0n) is 13.9. The minimum Gasteiger partial charge on any atom is -0.359 e. The van der Waals surface area contributed by atoms with E-state index in [9.17, 15) is 9.59 Å². The van der Waals surface area contributed by atoms with Gasteiger partial charge in [0.2, 0.25) is 5.91 Å². The molecule has 0 unspecified atom stereocenters. The second-order valence-electron chi connectivity index (χ2n) is 5.78. The zero-order chi connectivity index (χ0) is 17.1. The van der Waals surface area contributed by atoms with Gasteiger partial charge in [-0.2, -0.15) is 0 Å². The Bertz CT molecular complexity index is 943. The molecule has 122 valence electrons. The highest BCUT2D eigenvalue weighted by Crippen LogP contribution is 2.29. The van der Waals surface area contributed by atoms with Gasteiger partial charge in [-0.25, -0.2) is 0 Å². The Morgan fingerprint density at radius 2 is 1.62 bits per heavy atom. The van der Waals surface area contributed by atoms with Gasteiger partial charge >= 0.3 is 0 Å². The topological polar surface area (TPSA) is 51.1 Å². The molecule has 0 fully saturated rings. The van der Waals surface area contributed by atoms with E-state index in [1.807, 2.05) is 54.6 Å². The van der Waals surface area contributed by atoms with Crippen LogP contribution >= 0.6 is 0 Å². The van der Waals surface area contributed by atoms with Gasteiger partial charge in [0.05, 0.1) is 5.69 Å². The van der Waals surface area contributed by atoms with Crippen LogP contribution in [0.2, 0.25) is 0 Å². The molecule has 1 heterocycles. The molecule has 0 aliphatic heterocycles. The van der Waals surface area contributed by atoms with Crippen LogP contribution in [0.4, 0.5) is 0 Å². The lowest BCUT2D eigenvalue weighted by Gasteiger charge is -2.17. The van der Waals surface area contributed by atoms with E-state index in [2.05, 4.69) is 5.32 Å². The van der Waals surface area contributed by atoms with E-state index in [0.717, 1.165) is 22.2 Å². The molecule has 4 nitrogen and oxygen atoms in total. The lowest BCUT2D eigenvalue weighted by molar-refractivity contribution is -0.120. The number of rotatable bonds is 4. The summed E-state index contributed by atoms with van der Waals surface area (Å²) in [6.07, 6.45) is 0.969. The van der Waals surface area contributed by atoms with Crippen molar-refractivity contribution in [1.82, 2.24) is 9.88 Å². The molecular formula is C20H20N2O2. The fourth-order valence-corrected chi connectivity index (χ4v) is 3.13. The van der Waals surface area contributed by atoms with Crippen molar-refractivity contribution in [3.8, 4) is 11.3 Å². The van der Waals surface area contributed by atoms with Crippen molar-refractivity contribution in [2.24, 2.45) is 7.05 Å². The first-order valence-corrected chi connectivity index (χ1v) is 8.00. The van der Waals surface area contributed by atoms with Gasteiger partial charge in [-0.05, 0) is 29.0 Å². The Balaban J connectivity index is 2.30. The first kappa shape index (κ1) is 16.0. The van der Waals surface area contributed by atoms with E-state index < -0.39 is 0 Å². The Morgan fingerprint density at radius 3 is 2.29 bits per heavy atom. The molecule has 2 aromatic carbocycles. The van der Waals surface area contributed by atoms with E-state index in [-0.39, 0.29) is 11.5 Å². The van der Waals surface area contributed by atoms with Crippen molar-refractivity contribution in [2.45, 2.75) is 12.8 Å². The lowest BCUT2D eigenvalue weighted by Crippen LogP contribution is -2.22. The third-order valence-corrected chi connectivity index (χ3v) is 4.34. The van der Waals surface area contributed by atoms with Crippen LogP contribution in [0.5, 0.6) is 0 Å². The number of benzene rings is 2. The number of nitrogens with one attached hydrogen (secondary N) is 1. The molecule has 0 bridgehead atoms. The Labute approximate surface area is 140 Å². The summed E-state index contributed by atoms with van der Waals surface area (Å²) in [6, 6.07) is 17.5. The quantitative estimate of drug-likeness (QED) is 0.803. The molecule has 1 amide bonds. The number of carbonyl (C=O) groups is 1. The molecule has 1 N–H and O–H groups in total. The zero-order valence-corrected chi connectivity index (χ0v) is 13.9. The van der Waals surface area contributed by atoms with Crippen LogP contribution < -0.4 is 10.9 Å². The van der Waals surface area contributed by atoms with Gasteiger partial charge in [0.25, 0.3) is 5.56 Å². The molecule has 4 heteroatoms. The highest BCUT2D eigenvalue weighted by atomic mass is 16.1. The number of pyridine rings is 1. The second-order valence-corrected chi connectivity index (χ2v) is 5.78. The fourth-order valence-electron chi connectivity index (χ4n) is 3.13. The summed E-state index contributed by atoms with van der Waals surface area (Å²) in [5.41, 5.74) is 2.87. The van der Waals surface area contributed by atoms with E-state index in [0.29, 0.717) is 18.2 Å². The molecule has 3 rings (SSSR count). The van der Waals surface area contributed by atoms with Gasteiger partial charge in [-0.3, -0.25) is 9.59 Å². The predicted octanol–water partition coefficient (Wildman–Crippen LogP) is 2.88. The Kier molecular flexibility index (Phi) is 4.47. The average Bonchev–Trinajstić information content (AvgIpc) is 2.63. The Hall–Kier alpha value is -2.88. The van der Waals surface area contributed by atoms with Crippen molar-refractivity contribution < 1.29 is 4.79 Å². The summed E-state index contributed by atoms with van der Waals surface area (Å²) in [5, 5.41) is 4.27. The van der Waals surface area contributed by atoms with Crippen LogP contribution in [-0.4, -0.2) is 17.5 Å². The van der Waals surface area contributed by atoms with Crippen LogP contribution in [0, 0.1) is 0 Å². The maximum absolute atomic E-state index is 12.8. The standard InChI is InChI=1S/C20H20N2O2/c1-21-18(23)13-12-16-15-10-6-7-11-17(15)20(24)22(2)19(16)14-8-4-3-5-9-14/h3-11H,12-13H2,1-2H3,(H,21,23). The van der Waals surface area contributed by atoms with Gasteiger partial charge < -0.3 is 9.88 Å².